The summed E-state index contributed by atoms with van der Waals surface area (Å²) in [5.41, 5.74) is 4.96. The molecule has 0 aliphatic rings. The van der Waals surface area contributed by atoms with Gasteiger partial charge in [0.05, 0.1) is 11.1 Å². The molecule has 39 heavy (non-hydrogen) atoms. The molecule has 7 heteroatoms. The summed E-state index contributed by atoms with van der Waals surface area (Å²) in [6.07, 6.45) is 0. The largest absolute Gasteiger partial charge is 2.00 e. The van der Waals surface area contributed by atoms with Gasteiger partial charge in [0.25, 0.3) is 0 Å². The fraction of sp³-hybridized carbons (Fsp3) is 0.188. The fourth-order valence-electron chi connectivity index (χ4n) is 4.37. The smallest absolute Gasteiger partial charge is 0.872 e. The van der Waals surface area contributed by atoms with Gasteiger partial charge >= 0.3 is 31.4 Å². The Labute approximate surface area is 241 Å². The number of rotatable bonds is 6. The first kappa shape index (κ1) is 31.3. The number of aromatic carboxylic acids is 2. The molecule has 4 rings (SSSR count). The first-order valence-electron chi connectivity index (χ1n) is 12.2. The fourth-order valence-corrected chi connectivity index (χ4v) is 4.37. The van der Waals surface area contributed by atoms with Crippen LogP contribution in [0.3, 0.4) is 0 Å². The summed E-state index contributed by atoms with van der Waals surface area (Å²) in [5.74, 6) is -3.39. The van der Waals surface area contributed by atoms with Crippen molar-refractivity contribution in [2.75, 3.05) is 0 Å². The Balaban J connectivity index is 0.000000267. The molecule has 0 heterocycles. The third kappa shape index (κ3) is 7.55. The van der Waals surface area contributed by atoms with Crippen molar-refractivity contribution in [3.63, 3.8) is 0 Å². The van der Waals surface area contributed by atoms with E-state index in [0.717, 1.165) is 22.3 Å². The average Bonchev–Trinajstić information content (AvgIpc) is 2.88. The van der Waals surface area contributed by atoms with Crippen molar-refractivity contribution in [1.29, 1.82) is 0 Å². The summed E-state index contributed by atoms with van der Waals surface area (Å²) in [6, 6.07) is 25.1. The van der Waals surface area contributed by atoms with Crippen LogP contribution < -0.4 is 10.2 Å². The zero-order valence-corrected chi connectivity index (χ0v) is 25.4. The Kier molecular flexibility index (Phi) is 11.0. The minimum atomic E-state index is -1.18. The topological polar surface area (TPSA) is 121 Å². The normalized spacial score (nSPS) is 11.8. The van der Waals surface area contributed by atoms with Crippen LogP contribution in [0.25, 0.3) is 0 Å². The minimum absolute atomic E-state index is 0. The van der Waals surface area contributed by atoms with Crippen LogP contribution in [0.15, 0.2) is 84.9 Å². The van der Waals surface area contributed by atoms with E-state index < -0.39 is 23.4 Å². The molecule has 2 atom stereocenters. The Hall–Kier alpha value is -3.96. The van der Waals surface area contributed by atoms with Crippen molar-refractivity contribution in [1.82, 2.24) is 0 Å². The molecule has 0 aliphatic heterocycles. The molecule has 2 N–H and O–H groups in total. The number of carboxylic acids is 2. The predicted molar refractivity (Wildman–Crippen MR) is 143 cm³/mol. The molecule has 0 radical (unpaired) electrons. The van der Waals surface area contributed by atoms with E-state index in [2.05, 4.69) is 0 Å². The van der Waals surface area contributed by atoms with Gasteiger partial charge in [0.1, 0.15) is 0 Å². The summed E-state index contributed by atoms with van der Waals surface area (Å²) in [4.78, 5) is 22.0. The second-order valence-corrected chi connectivity index (χ2v) is 9.33. The van der Waals surface area contributed by atoms with Crippen LogP contribution in [0.2, 0.25) is 0 Å². The van der Waals surface area contributed by atoms with E-state index in [4.69, 9.17) is 10.2 Å². The number of aryl methyl sites for hydroxylation is 2. The van der Waals surface area contributed by atoms with E-state index in [9.17, 15) is 19.8 Å². The number of carbonyl (C=O) groups is 2. The zero-order chi connectivity index (χ0) is 28.0. The molecule has 0 fully saturated rings. The second-order valence-electron chi connectivity index (χ2n) is 9.33. The van der Waals surface area contributed by atoms with E-state index in [1.165, 1.54) is 12.1 Å². The van der Waals surface area contributed by atoms with Gasteiger partial charge in [-0.15, -0.1) is 0 Å². The molecule has 4 aromatic carbocycles. The number of para-hydroxylation sites is 2. The number of benzene rings is 4. The molecule has 0 aliphatic carbocycles. The van der Waals surface area contributed by atoms with Crippen molar-refractivity contribution in [3.05, 3.63) is 129 Å². The van der Waals surface area contributed by atoms with E-state index in [-0.39, 0.29) is 42.4 Å². The third-order valence-electron chi connectivity index (χ3n) is 6.57. The van der Waals surface area contributed by atoms with Gasteiger partial charge in [0.2, 0.25) is 0 Å². The molecular weight excluding hydrogens is 546 g/mol. The minimum Gasteiger partial charge on any atom is -0.872 e. The van der Waals surface area contributed by atoms with E-state index in [1.807, 2.05) is 76.2 Å². The van der Waals surface area contributed by atoms with Crippen LogP contribution in [0.4, 0.5) is 0 Å². The van der Waals surface area contributed by atoms with Crippen molar-refractivity contribution in [2.45, 2.75) is 39.5 Å². The molecule has 6 nitrogen and oxygen atoms in total. The second kappa shape index (κ2) is 13.7. The summed E-state index contributed by atoms with van der Waals surface area (Å²) >= 11 is 0. The maximum absolute atomic E-state index is 12.1. The van der Waals surface area contributed by atoms with Crippen LogP contribution in [0.5, 0.6) is 11.5 Å². The molecule has 0 spiro atoms. The maximum Gasteiger partial charge on any atom is 2.00 e. The van der Waals surface area contributed by atoms with Crippen molar-refractivity contribution in [2.24, 2.45) is 0 Å². The van der Waals surface area contributed by atoms with Gasteiger partial charge in [-0.05, 0) is 48.2 Å². The molecule has 0 amide bonds. The first-order valence-corrected chi connectivity index (χ1v) is 12.2. The molecule has 4 aromatic rings. The van der Waals surface area contributed by atoms with Crippen LogP contribution in [-0.4, -0.2) is 22.2 Å². The molecule has 0 saturated carbocycles. The van der Waals surface area contributed by atoms with Crippen molar-refractivity contribution in [3.8, 4) is 11.5 Å². The summed E-state index contributed by atoms with van der Waals surface area (Å²) in [5, 5.41) is 42.2. The molecule has 0 saturated heterocycles. The number of hydrogen-bond donors (Lipinski definition) is 2. The Bertz CT molecular complexity index is 1350. The molecule has 0 aromatic heterocycles. The molecule has 196 valence electrons. The van der Waals surface area contributed by atoms with Gasteiger partial charge in [0, 0.05) is 11.8 Å². The maximum atomic E-state index is 12.1. The van der Waals surface area contributed by atoms with E-state index >= 15 is 0 Å². The monoisotopic (exact) mass is 574 g/mol. The zero-order valence-electron chi connectivity index (χ0n) is 22.5. The van der Waals surface area contributed by atoms with Gasteiger partial charge in [-0.25, -0.2) is 9.59 Å². The quantitative estimate of drug-likeness (QED) is 0.279. The van der Waals surface area contributed by atoms with Crippen molar-refractivity contribution >= 4 is 11.9 Å². The van der Waals surface area contributed by atoms with E-state index in [0.29, 0.717) is 11.1 Å². The standard InChI is InChI=1S/2C16H16O3.Zn/c2*1-10-5-3-6-12(9-10)11(2)13-7-4-8-14(15(13)17)16(18)19;/h2*3-9,11,17H,1-2H3,(H,18,19);/q;;+2/p-2. The Morgan fingerprint density at radius 2 is 0.949 bits per heavy atom. The Morgan fingerprint density at radius 3 is 1.26 bits per heavy atom. The van der Waals surface area contributed by atoms with Crippen LogP contribution in [0.1, 0.15) is 79.8 Å². The molecule has 0 bridgehead atoms. The SMILES string of the molecule is Cc1cccc(C(C)c2cccc(C(=O)O)c2[O-])c1.Cc1cccc(C(C)c2cccc(C(=O)O)c2[O-])c1.[Zn+2]. The summed E-state index contributed by atoms with van der Waals surface area (Å²) in [6.45, 7) is 7.80. The van der Waals surface area contributed by atoms with Crippen molar-refractivity contribution < 1.29 is 49.5 Å². The number of carboxylic acid groups (broad SMARTS) is 2. The van der Waals surface area contributed by atoms with Gasteiger partial charge in [-0.1, -0.05) is 109 Å². The summed E-state index contributed by atoms with van der Waals surface area (Å²) < 4.78 is 0. The van der Waals surface area contributed by atoms with Gasteiger partial charge in [-0.2, -0.15) is 0 Å². The number of hydrogen-bond acceptors (Lipinski definition) is 4. The Morgan fingerprint density at radius 1 is 0.615 bits per heavy atom. The molecule has 2 unspecified atom stereocenters. The molecular formula is C32H30O6Zn. The first-order chi connectivity index (χ1) is 18.0. The van der Waals surface area contributed by atoms with Crippen LogP contribution in [0, 0.1) is 13.8 Å². The van der Waals surface area contributed by atoms with Crippen LogP contribution in [-0.2, 0) is 19.5 Å². The van der Waals surface area contributed by atoms with Gasteiger partial charge < -0.3 is 20.4 Å². The third-order valence-corrected chi connectivity index (χ3v) is 6.57. The van der Waals surface area contributed by atoms with Gasteiger partial charge in [-0.3, -0.25) is 0 Å². The van der Waals surface area contributed by atoms with Crippen LogP contribution >= 0.6 is 0 Å². The predicted octanol–water partition coefficient (Wildman–Crippen LogP) is 5.83. The van der Waals surface area contributed by atoms with Gasteiger partial charge in [0.15, 0.2) is 0 Å². The summed E-state index contributed by atoms with van der Waals surface area (Å²) in [7, 11) is 0. The average molecular weight is 576 g/mol. The van der Waals surface area contributed by atoms with E-state index in [1.54, 1.807) is 24.3 Å².